The van der Waals surface area contributed by atoms with Gasteiger partial charge in [0.05, 0.1) is 5.69 Å². The van der Waals surface area contributed by atoms with E-state index in [1.165, 1.54) is 16.0 Å². The Labute approximate surface area is 164 Å². The van der Waals surface area contributed by atoms with E-state index < -0.39 is 5.41 Å². The number of rotatable bonds is 5. The molecule has 0 saturated carbocycles. The lowest BCUT2D eigenvalue weighted by molar-refractivity contribution is -0.123. The first kappa shape index (κ1) is 19.1. The average Bonchev–Trinajstić information content (AvgIpc) is 3.33. The van der Waals surface area contributed by atoms with Crippen LogP contribution in [-0.4, -0.2) is 36.9 Å². The minimum atomic E-state index is -0.480. The number of thiazole rings is 1. The lowest BCUT2D eigenvalue weighted by Crippen LogP contribution is -2.27. The maximum atomic E-state index is 12.0. The highest BCUT2D eigenvalue weighted by molar-refractivity contribution is 7.13. The van der Waals surface area contributed by atoms with Crippen LogP contribution in [0.4, 0.5) is 5.13 Å². The van der Waals surface area contributed by atoms with Crippen LogP contribution in [0, 0.1) is 12.3 Å². The zero-order valence-electron chi connectivity index (χ0n) is 15.3. The van der Waals surface area contributed by atoms with E-state index in [0.717, 1.165) is 5.56 Å². The summed E-state index contributed by atoms with van der Waals surface area (Å²) in [6.07, 6.45) is 0. The first-order chi connectivity index (χ1) is 12.8. The first-order valence-corrected chi connectivity index (χ1v) is 9.90. The van der Waals surface area contributed by atoms with Crippen molar-refractivity contribution in [1.82, 2.24) is 25.2 Å². The number of thiophene rings is 1. The van der Waals surface area contributed by atoms with Crippen LogP contribution in [0.3, 0.4) is 0 Å². The van der Waals surface area contributed by atoms with Gasteiger partial charge in [-0.15, -0.1) is 16.4 Å². The number of carbonyl (C=O) groups excluding carboxylic acids is 1. The molecule has 0 spiro atoms. The molecule has 1 amide bonds. The molecule has 3 rings (SSSR count). The van der Waals surface area contributed by atoms with Crippen molar-refractivity contribution < 1.29 is 9.63 Å². The van der Waals surface area contributed by atoms with E-state index >= 15 is 0 Å². The monoisotopic (exact) mass is 405 g/mol. The molecule has 0 fully saturated rings. The quantitative estimate of drug-likeness (QED) is 0.397. The van der Waals surface area contributed by atoms with E-state index in [9.17, 15) is 4.79 Å². The molecule has 9 nitrogen and oxygen atoms in total. The molecule has 0 atom stereocenters. The molecular formula is C16H19N7O2S2. The fourth-order valence-corrected chi connectivity index (χ4v) is 3.23. The normalized spacial score (nSPS) is 12.2. The predicted octanol–water partition coefficient (Wildman–Crippen LogP) is 2.91. The zero-order chi connectivity index (χ0) is 19.4. The average molecular weight is 406 g/mol. The number of tetrazole rings is 1. The van der Waals surface area contributed by atoms with Gasteiger partial charge in [0.25, 0.3) is 0 Å². The van der Waals surface area contributed by atoms with Gasteiger partial charge in [-0.2, -0.15) is 16.0 Å². The van der Waals surface area contributed by atoms with E-state index in [1.807, 2.05) is 43.0 Å². The number of amides is 1. The molecule has 0 aliphatic rings. The number of aromatic nitrogens is 5. The Balaban J connectivity index is 1.68. The predicted molar refractivity (Wildman–Crippen MR) is 104 cm³/mol. The summed E-state index contributed by atoms with van der Waals surface area (Å²) in [5.74, 6) is 1.01. The Bertz CT molecular complexity index is 938. The van der Waals surface area contributed by atoms with Gasteiger partial charge in [0.2, 0.25) is 11.7 Å². The van der Waals surface area contributed by atoms with Gasteiger partial charge in [0.15, 0.2) is 17.6 Å². The highest BCUT2D eigenvalue weighted by atomic mass is 32.1. The van der Waals surface area contributed by atoms with Crippen LogP contribution in [0.2, 0.25) is 0 Å². The van der Waals surface area contributed by atoms with Gasteiger partial charge >= 0.3 is 0 Å². The molecule has 3 aromatic heterocycles. The third kappa shape index (κ3) is 4.74. The molecule has 0 saturated heterocycles. The van der Waals surface area contributed by atoms with Crippen molar-refractivity contribution >= 4 is 39.5 Å². The van der Waals surface area contributed by atoms with Crippen molar-refractivity contribution in [2.75, 3.05) is 5.32 Å². The van der Waals surface area contributed by atoms with Crippen LogP contribution in [0.5, 0.6) is 0 Å². The van der Waals surface area contributed by atoms with E-state index in [-0.39, 0.29) is 12.5 Å². The van der Waals surface area contributed by atoms with Crippen molar-refractivity contribution in [2.45, 2.75) is 34.3 Å². The van der Waals surface area contributed by atoms with Crippen LogP contribution in [0.25, 0.3) is 0 Å². The lowest BCUT2D eigenvalue weighted by atomic mass is 9.96. The highest BCUT2D eigenvalue weighted by Crippen LogP contribution is 2.21. The van der Waals surface area contributed by atoms with Gasteiger partial charge in [-0.1, -0.05) is 25.9 Å². The van der Waals surface area contributed by atoms with Gasteiger partial charge in [0, 0.05) is 21.7 Å². The van der Waals surface area contributed by atoms with Crippen LogP contribution >= 0.6 is 22.7 Å². The number of nitrogens with zero attached hydrogens (tertiary/aromatic N) is 6. The van der Waals surface area contributed by atoms with E-state index in [1.54, 1.807) is 18.3 Å². The highest BCUT2D eigenvalue weighted by Gasteiger charge is 2.22. The first-order valence-electron chi connectivity index (χ1n) is 8.08. The molecule has 3 heterocycles. The number of hydrogen-bond donors (Lipinski definition) is 1. The molecular weight excluding hydrogens is 386 g/mol. The molecule has 27 heavy (non-hydrogen) atoms. The van der Waals surface area contributed by atoms with Crippen molar-refractivity contribution in [3.63, 3.8) is 0 Å². The van der Waals surface area contributed by atoms with E-state index in [0.29, 0.717) is 22.5 Å². The summed E-state index contributed by atoms with van der Waals surface area (Å²) < 4.78 is 1.51. The second-order valence-electron chi connectivity index (χ2n) is 6.69. The van der Waals surface area contributed by atoms with Crippen molar-refractivity contribution in [3.05, 3.63) is 39.3 Å². The maximum Gasteiger partial charge on any atom is 0.231 e. The molecule has 3 aromatic rings. The summed E-state index contributed by atoms with van der Waals surface area (Å²) in [6, 6.07) is 1.91. The van der Waals surface area contributed by atoms with Gasteiger partial charge in [0.1, 0.15) is 0 Å². The number of hydrogen-bond acceptors (Lipinski definition) is 9. The number of nitrogens with one attached hydrogen (secondary N) is 1. The molecule has 0 bridgehead atoms. The Morgan fingerprint density at radius 1 is 1.37 bits per heavy atom. The zero-order valence-corrected chi connectivity index (χ0v) is 17.0. The molecule has 1 N–H and O–H groups in total. The number of oxime groups is 1. The summed E-state index contributed by atoms with van der Waals surface area (Å²) in [6.45, 7) is 7.49. The van der Waals surface area contributed by atoms with Crippen molar-refractivity contribution in [2.24, 2.45) is 10.6 Å². The van der Waals surface area contributed by atoms with E-state index in [4.69, 9.17) is 4.84 Å². The fraction of sp³-hybridized carbons (Fsp3) is 0.375. The molecule has 0 radical (unpaired) electrons. The summed E-state index contributed by atoms with van der Waals surface area (Å²) in [5.41, 5.74) is 1.05. The smallest absolute Gasteiger partial charge is 0.231 e. The van der Waals surface area contributed by atoms with Gasteiger partial charge < -0.3 is 10.2 Å². The Morgan fingerprint density at radius 2 is 2.19 bits per heavy atom. The minimum absolute atomic E-state index is 0.0868. The molecule has 0 aliphatic heterocycles. The lowest BCUT2D eigenvalue weighted by Gasteiger charge is -2.15. The topological polar surface area (TPSA) is 107 Å². The largest absolute Gasteiger partial charge is 0.387 e. The number of carbonyl (C=O) groups is 1. The van der Waals surface area contributed by atoms with E-state index in [2.05, 4.69) is 31.0 Å². The number of aryl methyl sites for hydroxylation is 1. The molecule has 142 valence electrons. The summed E-state index contributed by atoms with van der Waals surface area (Å²) >= 11 is 2.89. The number of anilines is 1. The SMILES string of the molecule is Cc1nnnn1/C(=N/OCc1csc(NC(=O)C(C)(C)C)n1)c1ccsc1. The van der Waals surface area contributed by atoms with Crippen LogP contribution in [-0.2, 0) is 16.2 Å². The molecule has 0 aliphatic carbocycles. The standard InChI is InChI=1S/C16H19N7O2S2/c1-10-19-21-22-23(10)13(11-5-6-26-8-11)20-25-7-12-9-27-15(17-12)18-14(24)16(2,3)4/h5-6,8-9H,7H2,1-4H3,(H,17,18,24)/b20-13+. The molecule has 0 aromatic carbocycles. The summed E-state index contributed by atoms with van der Waals surface area (Å²) in [7, 11) is 0. The van der Waals surface area contributed by atoms with Gasteiger partial charge in [-0.05, 0) is 28.8 Å². The third-order valence-electron chi connectivity index (χ3n) is 3.42. The Morgan fingerprint density at radius 3 is 2.81 bits per heavy atom. The van der Waals surface area contributed by atoms with Crippen LogP contribution in [0.15, 0.2) is 27.4 Å². The molecule has 11 heteroatoms. The van der Waals surface area contributed by atoms with Crippen LogP contribution in [0.1, 0.15) is 37.9 Å². The van der Waals surface area contributed by atoms with Crippen molar-refractivity contribution in [1.29, 1.82) is 0 Å². The fourth-order valence-electron chi connectivity index (χ4n) is 1.91. The minimum Gasteiger partial charge on any atom is -0.387 e. The second kappa shape index (κ2) is 7.92. The Kier molecular flexibility index (Phi) is 5.61. The Hall–Kier alpha value is -2.66. The maximum absolute atomic E-state index is 12.0. The van der Waals surface area contributed by atoms with Crippen LogP contribution < -0.4 is 5.32 Å². The van der Waals surface area contributed by atoms with Gasteiger partial charge in [-0.3, -0.25) is 4.79 Å². The summed E-state index contributed by atoms with van der Waals surface area (Å²) in [5, 5.41) is 24.7. The van der Waals surface area contributed by atoms with Gasteiger partial charge in [-0.25, -0.2) is 4.98 Å². The third-order valence-corrected chi connectivity index (χ3v) is 4.91. The van der Waals surface area contributed by atoms with Crippen molar-refractivity contribution in [3.8, 4) is 0 Å². The summed E-state index contributed by atoms with van der Waals surface area (Å²) in [4.78, 5) is 21.9. The molecule has 0 unspecified atom stereocenters. The second-order valence-corrected chi connectivity index (χ2v) is 8.32.